The van der Waals surface area contributed by atoms with Crippen LogP contribution < -0.4 is 5.73 Å². The molecule has 0 saturated carbocycles. The molecule has 0 bridgehead atoms. The van der Waals surface area contributed by atoms with Crippen molar-refractivity contribution >= 4 is 0 Å². The molecule has 0 amide bonds. The van der Waals surface area contributed by atoms with Crippen molar-refractivity contribution in [1.82, 2.24) is 14.5 Å². The van der Waals surface area contributed by atoms with E-state index in [1.165, 1.54) is 17.7 Å². The Kier molecular flexibility index (Phi) is 2.88. The lowest BCUT2D eigenvalue weighted by molar-refractivity contribution is 0.457. The van der Waals surface area contributed by atoms with Gasteiger partial charge in [-0.05, 0) is 30.9 Å². The van der Waals surface area contributed by atoms with Gasteiger partial charge in [-0.25, -0.2) is 4.98 Å². The van der Waals surface area contributed by atoms with Crippen molar-refractivity contribution in [3.8, 4) is 0 Å². The minimum absolute atomic E-state index is 0.0554. The fourth-order valence-electron chi connectivity index (χ4n) is 2.81. The molecule has 3 rings (SSSR count). The zero-order chi connectivity index (χ0) is 12.5. The van der Waals surface area contributed by atoms with Crippen LogP contribution in [0.4, 0.5) is 0 Å². The fourth-order valence-corrected chi connectivity index (χ4v) is 2.81. The number of aromatic nitrogens is 3. The summed E-state index contributed by atoms with van der Waals surface area (Å²) in [4.78, 5) is 8.91. The summed E-state index contributed by atoms with van der Waals surface area (Å²) in [6, 6.07) is 4.12. The monoisotopic (exact) mass is 242 g/mol. The van der Waals surface area contributed by atoms with E-state index in [0.717, 1.165) is 18.5 Å². The molecule has 18 heavy (non-hydrogen) atoms. The summed E-state index contributed by atoms with van der Waals surface area (Å²) in [7, 11) is 1.97. The van der Waals surface area contributed by atoms with Crippen molar-refractivity contribution < 1.29 is 0 Å². The van der Waals surface area contributed by atoms with E-state index in [9.17, 15) is 0 Å². The van der Waals surface area contributed by atoms with E-state index in [1.54, 1.807) is 6.33 Å². The summed E-state index contributed by atoms with van der Waals surface area (Å²) in [5.74, 6) is 0.296. The predicted octanol–water partition coefficient (Wildman–Crippen LogP) is 1.94. The summed E-state index contributed by atoms with van der Waals surface area (Å²) >= 11 is 0. The van der Waals surface area contributed by atoms with Crippen molar-refractivity contribution in [3.05, 3.63) is 47.8 Å². The van der Waals surface area contributed by atoms with Gasteiger partial charge < -0.3 is 10.3 Å². The zero-order valence-corrected chi connectivity index (χ0v) is 10.6. The number of hydrogen-bond donors (Lipinski definition) is 1. The summed E-state index contributed by atoms with van der Waals surface area (Å²) in [5.41, 5.74) is 9.86. The Bertz CT molecular complexity index is 546. The summed E-state index contributed by atoms with van der Waals surface area (Å²) in [6.07, 6.45) is 9.07. The Morgan fingerprint density at radius 3 is 3.11 bits per heavy atom. The summed E-state index contributed by atoms with van der Waals surface area (Å²) in [5, 5.41) is 0. The Balaban J connectivity index is 1.94. The molecule has 0 spiro atoms. The van der Waals surface area contributed by atoms with E-state index in [-0.39, 0.29) is 6.04 Å². The van der Waals surface area contributed by atoms with Gasteiger partial charge in [0.05, 0.1) is 18.1 Å². The van der Waals surface area contributed by atoms with Gasteiger partial charge in [0, 0.05) is 31.1 Å². The second-order valence-electron chi connectivity index (χ2n) is 5.04. The first-order chi connectivity index (χ1) is 8.75. The molecule has 1 aliphatic carbocycles. The minimum atomic E-state index is -0.0554. The van der Waals surface area contributed by atoms with E-state index in [4.69, 9.17) is 5.73 Å². The smallest absolute Gasteiger partial charge is 0.0947 e. The lowest BCUT2D eigenvalue weighted by Crippen LogP contribution is -2.24. The summed E-state index contributed by atoms with van der Waals surface area (Å²) < 4.78 is 1.94. The molecule has 0 saturated heterocycles. The number of fused-ring (bicyclic) bond motifs is 1. The first-order valence-corrected chi connectivity index (χ1v) is 6.43. The van der Waals surface area contributed by atoms with Gasteiger partial charge in [0.25, 0.3) is 0 Å². The normalized spacial score (nSPS) is 20.4. The van der Waals surface area contributed by atoms with Gasteiger partial charge in [-0.15, -0.1) is 0 Å². The Labute approximate surface area is 107 Å². The maximum absolute atomic E-state index is 6.38. The maximum atomic E-state index is 6.38. The van der Waals surface area contributed by atoms with E-state index >= 15 is 0 Å². The third-order valence-corrected chi connectivity index (χ3v) is 3.74. The van der Waals surface area contributed by atoms with Crippen LogP contribution in [0, 0.1) is 0 Å². The van der Waals surface area contributed by atoms with Crippen LogP contribution in [-0.4, -0.2) is 14.5 Å². The second kappa shape index (κ2) is 4.53. The van der Waals surface area contributed by atoms with E-state index in [1.807, 2.05) is 30.1 Å². The number of hydrogen-bond acceptors (Lipinski definition) is 3. The van der Waals surface area contributed by atoms with Crippen LogP contribution in [0.15, 0.2) is 30.9 Å². The first-order valence-electron chi connectivity index (χ1n) is 6.43. The van der Waals surface area contributed by atoms with Gasteiger partial charge in [-0.1, -0.05) is 6.07 Å². The highest BCUT2D eigenvalue weighted by Gasteiger charge is 2.28. The Morgan fingerprint density at radius 2 is 2.33 bits per heavy atom. The molecule has 2 heterocycles. The quantitative estimate of drug-likeness (QED) is 0.875. The zero-order valence-electron chi connectivity index (χ0n) is 10.6. The molecule has 4 nitrogen and oxygen atoms in total. The van der Waals surface area contributed by atoms with Gasteiger partial charge >= 0.3 is 0 Å². The largest absolute Gasteiger partial charge is 0.340 e. The van der Waals surface area contributed by atoms with E-state index < -0.39 is 0 Å². The van der Waals surface area contributed by atoms with Crippen molar-refractivity contribution in [2.45, 2.75) is 31.2 Å². The average molecular weight is 242 g/mol. The Morgan fingerprint density at radius 1 is 1.44 bits per heavy atom. The maximum Gasteiger partial charge on any atom is 0.0947 e. The number of pyridine rings is 1. The molecule has 1 aliphatic rings. The van der Waals surface area contributed by atoms with Gasteiger partial charge in [0.2, 0.25) is 0 Å². The van der Waals surface area contributed by atoms with Crippen molar-refractivity contribution in [2.24, 2.45) is 12.8 Å². The van der Waals surface area contributed by atoms with Gasteiger partial charge in [0.1, 0.15) is 0 Å². The molecule has 2 aromatic rings. The van der Waals surface area contributed by atoms with E-state index in [0.29, 0.717) is 5.92 Å². The third kappa shape index (κ3) is 1.93. The fraction of sp³-hybridized carbons (Fsp3) is 0.429. The first kappa shape index (κ1) is 11.4. The SMILES string of the molecule is Cn1cnc(C(N)C2CCCc3cccnc32)c1. The topological polar surface area (TPSA) is 56.7 Å². The molecule has 2 unspecified atom stereocenters. The lowest BCUT2D eigenvalue weighted by atomic mass is 9.81. The van der Waals surface area contributed by atoms with Crippen LogP contribution in [0.3, 0.4) is 0 Å². The van der Waals surface area contributed by atoms with Crippen LogP contribution in [0.1, 0.15) is 41.8 Å². The van der Waals surface area contributed by atoms with Gasteiger partial charge in [-0.3, -0.25) is 4.98 Å². The molecule has 0 aliphatic heterocycles. The molecule has 94 valence electrons. The highest BCUT2D eigenvalue weighted by molar-refractivity contribution is 5.28. The number of imidazole rings is 1. The molecule has 0 fully saturated rings. The molecule has 2 N–H and O–H groups in total. The minimum Gasteiger partial charge on any atom is -0.340 e. The second-order valence-corrected chi connectivity index (χ2v) is 5.04. The molecule has 0 aromatic carbocycles. The van der Waals surface area contributed by atoms with Gasteiger partial charge in [-0.2, -0.15) is 0 Å². The number of nitrogens with zero attached hydrogens (tertiary/aromatic N) is 3. The highest BCUT2D eigenvalue weighted by Crippen LogP contribution is 2.37. The number of nitrogens with two attached hydrogens (primary N) is 1. The average Bonchev–Trinajstić information content (AvgIpc) is 2.84. The molecule has 2 aromatic heterocycles. The Hall–Kier alpha value is -1.68. The summed E-state index contributed by atoms with van der Waals surface area (Å²) in [6.45, 7) is 0. The standard InChI is InChI=1S/C14H18N4/c1-18-8-12(17-9-18)13(15)11-6-2-4-10-5-3-7-16-14(10)11/h3,5,7-9,11,13H,2,4,6,15H2,1H3. The molecule has 0 radical (unpaired) electrons. The van der Waals surface area contributed by atoms with Crippen LogP contribution in [0.5, 0.6) is 0 Å². The molecule has 4 heteroatoms. The third-order valence-electron chi connectivity index (χ3n) is 3.74. The number of rotatable bonds is 2. The molecular formula is C14H18N4. The van der Waals surface area contributed by atoms with Crippen molar-refractivity contribution in [2.75, 3.05) is 0 Å². The van der Waals surface area contributed by atoms with Crippen molar-refractivity contribution in [1.29, 1.82) is 0 Å². The van der Waals surface area contributed by atoms with Crippen LogP contribution in [-0.2, 0) is 13.5 Å². The van der Waals surface area contributed by atoms with E-state index in [2.05, 4.69) is 16.0 Å². The number of aryl methyl sites for hydroxylation is 2. The van der Waals surface area contributed by atoms with Gasteiger partial charge in [0.15, 0.2) is 0 Å². The van der Waals surface area contributed by atoms with Crippen LogP contribution >= 0.6 is 0 Å². The molecular weight excluding hydrogens is 224 g/mol. The van der Waals surface area contributed by atoms with Crippen molar-refractivity contribution in [3.63, 3.8) is 0 Å². The molecule has 2 atom stereocenters. The van der Waals surface area contributed by atoms with Crippen LogP contribution in [0.2, 0.25) is 0 Å². The predicted molar refractivity (Wildman–Crippen MR) is 70.1 cm³/mol. The highest BCUT2D eigenvalue weighted by atomic mass is 15.0. The lowest BCUT2D eigenvalue weighted by Gasteiger charge is -2.28. The van der Waals surface area contributed by atoms with Crippen LogP contribution in [0.25, 0.3) is 0 Å².